The van der Waals surface area contributed by atoms with E-state index < -0.39 is 12.0 Å². The molecule has 2 heterocycles. The molecule has 0 fully saturated rings. The van der Waals surface area contributed by atoms with Crippen molar-refractivity contribution < 1.29 is 9.90 Å². The number of primary amides is 1. The van der Waals surface area contributed by atoms with Gasteiger partial charge >= 0.3 is 0 Å². The molecule has 1 unspecified atom stereocenters. The summed E-state index contributed by atoms with van der Waals surface area (Å²) in [5.41, 5.74) is 7.94. The first-order valence-electron chi connectivity index (χ1n) is 8.61. The van der Waals surface area contributed by atoms with Gasteiger partial charge in [-0.15, -0.1) is 0 Å². The maximum Gasteiger partial charge on any atom is 0.266 e. The first kappa shape index (κ1) is 19.6. The molecule has 0 aliphatic rings. The molecule has 0 spiro atoms. The summed E-state index contributed by atoms with van der Waals surface area (Å²) in [4.78, 5) is 11.7. The van der Waals surface area contributed by atoms with E-state index >= 15 is 0 Å². The smallest absolute Gasteiger partial charge is 0.266 e. The van der Waals surface area contributed by atoms with Gasteiger partial charge in [0, 0.05) is 11.8 Å². The molecule has 0 aliphatic carbocycles. The molecule has 0 saturated carbocycles. The Morgan fingerprint density at radius 2 is 2.07 bits per heavy atom. The van der Waals surface area contributed by atoms with Crippen molar-refractivity contribution in [2.75, 3.05) is 0 Å². The van der Waals surface area contributed by atoms with Crippen molar-refractivity contribution in [2.45, 2.75) is 32.5 Å². The highest BCUT2D eigenvalue weighted by Crippen LogP contribution is 2.25. The fourth-order valence-electron chi connectivity index (χ4n) is 2.81. The van der Waals surface area contributed by atoms with Gasteiger partial charge in [0.1, 0.15) is 11.8 Å². The van der Waals surface area contributed by atoms with E-state index in [9.17, 15) is 9.90 Å². The minimum Gasteiger partial charge on any atom is -0.387 e. The van der Waals surface area contributed by atoms with Gasteiger partial charge in [-0.25, -0.2) is 0 Å². The van der Waals surface area contributed by atoms with Gasteiger partial charge in [0.05, 0.1) is 40.7 Å². The van der Waals surface area contributed by atoms with Gasteiger partial charge in [-0.1, -0.05) is 17.7 Å². The second-order valence-electron chi connectivity index (χ2n) is 6.51. The Labute approximate surface area is 166 Å². The van der Waals surface area contributed by atoms with Crippen LogP contribution in [-0.2, 0) is 6.54 Å². The average molecular weight is 399 g/mol. The van der Waals surface area contributed by atoms with Crippen LogP contribution in [0.25, 0.3) is 11.3 Å². The molecule has 0 radical (unpaired) electrons. The number of aliphatic hydroxyl groups is 1. The summed E-state index contributed by atoms with van der Waals surface area (Å²) in [5.74, 6) is -0.611. The summed E-state index contributed by atoms with van der Waals surface area (Å²) in [7, 11) is 0. The Kier molecular flexibility index (Phi) is 5.49. The average Bonchev–Trinajstić information content (AvgIpc) is 3.29. The van der Waals surface area contributed by atoms with Crippen LogP contribution in [0.15, 0.2) is 36.5 Å². The van der Waals surface area contributed by atoms with Gasteiger partial charge in [0.2, 0.25) is 0 Å². The minimum atomic E-state index is -0.799. The molecule has 1 amide bonds. The molecule has 3 N–H and O–H groups in total. The number of nitrogens with zero attached hydrogens (tertiary/aromatic N) is 5. The highest BCUT2D eigenvalue weighted by atomic mass is 35.5. The number of nitriles is 1. The van der Waals surface area contributed by atoms with Crippen molar-refractivity contribution in [3.05, 3.63) is 58.5 Å². The molecular weight excluding hydrogens is 380 g/mol. The SMILES string of the molecule is CC(O)c1cc(C(N)=O)n(C[C@@H](C)n2ccc(-c3ccc(C#N)c(Cl)c3)n2)n1. The van der Waals surface area contributed by atoms with Crippen LogP contribution in [0.2, 0.25) is 5.02 Å². The quantitative estimate of drug-likeness (QED) is 0.660. The van der Waals surface area contributed by atoms with E-state index in [-0.39, 0.29) is 11.7 Å². The predicted octanol–water partition coefficient (Wildman–Crippen LogP) is 2.69. The number of hydrogen-bond donors (Lipinski definition) is 2. The summed E-state index contributed by atoms with van der Waals surface area (Å²) in [6.45, 7) is 3.85. The number of carbonyl (C=O) groups excluding carboxylic acids is 1. The van der Waals surface area contributed by atoms with E-state index in [0.29, 0.717) is 28.5 Å². The lowest BCUT2D eigenvalue weighted by Gasteiger charge is -2.14. The Bertz CT molecular complexity index is 1060. The molecule has 3 aromatic rings. The van der Waals surface area contributed by atoms with Crippen LogP contribution in [0.3, 0.4) is 0 Å². The molecule has 0 bridgehead atoms. The molecule has 2 atom stereocenters. The number of nitrogens with two attached hydrogens (primary N) is 1. The molecule has 28 heavy (non-hydrogen) atoms. The van der Waals surface area contributed by atoms with E-state index in [1.54, 1.807) is 29.8 Å². The van der Waals surface area contributed by atoms with Gasteiger partial charge in [-0.3, -0.25) is 14.2 Å². The van der Waals surface area contributed by atoms with Crippen molar-refractivity contribution in [1.82, 2.24) is 19.6 Å². The Balaban J connectivity index is 1.83. The van der Waals surface area contributed by atoms with Crippen molar-refractivity contribution in [3.63, 3.8) is 0 Å². The number of halogens is 1. The minimum absolute atomic E-state index is 0.137. The summed E-state index contributed by atoms with van der Waals surface area (Å²) >= 11 is 6.10. The molecule has 3 rings (SSSR count). The first-order valence-corrected chi connectivity index (χ1v) is 8.98. The summed E-state index contributed by atoms with van der Waals surface area (Å²) in [6.07, 6.45) is 1.02. The van der Waals surface area contributed by atoms with Crippen molar-refractivity contribution in [2.24, 2.45) is 5.73 Å². The van der Waals surface area contributed by atoms with Crippen LogP contribution >= 0.6 is 11.6 Å². The van der Waals surface area contributed by atoms with Gasteiger partial charge < -0.3 is 10.8 Å². The van der Waals surface area contributed by atoms with Crippen LogP contribution in [0.4, 0.5) is 0 Å². The zero-order valence-electron chi connectivity index (χ0n) is 15.4. The number of benzene rings is 1. The highest BCUT2D eigenvalue weighted by molar-refractivity contribution is 6.32. The Morgan fingerprint density at radius 3 is 2.68 bits per heavy atom. The molecule has 0 aliphatic heterocycles. The van der Waals surface area contributed by atoms with Crippen LogP contribution in [-0.4, -0.2) is 30.6 Å². The highest BCUT2D eigenvalue weighted by Gasteiger charge is 2.18. The van der Waals surface area contributed by atoms with Gasteiger partial charge in [0.25, 0.3) is 5.91 Å². The standard InChI is InChI=1S/C19H19ClN6O2/c1-11(10-26-18(19(22)28)8-17(24-26)12(2)27)25-6-5-16(23-25)13-3-4-14(9-21)15(20)7-13/h3-8,11-12,27H,10H2,1-2H3,(H2,22,28)/t11-,12?/m1/s1. The summed E-state index contributed by atoms with van der Waals surface area (Å²) in [5, 5.41) is 27.9. The predicted molar refractivity (Wildman–Crippen MR) is 103 cm³/mol. The third-order valence-corrected chi connectivity index (χ3v) is 4.67. The van der Waals surface area contributed by atoms with E-state index in [1.807, 2.05) is 25.3 Å². The maximum atomic E-state index is 11.7. The maximum absolute atomic E-state index is 11.7. The monoisotopic (exact) mass is 398 g/mol. The Hall–Kier alpha value is -3.15. The van der Waals surface area contributed by atoms with E-state index in [4.69, 9.17) is 22.6 Å². The third kappa shape index (κ3) is 3.91. The van der Waals surface area contributed by atoms with Gasteiger partial charge in [0.15, 0.2) is 0 Å². The summed E-state index contributed by atoms with van der Waals surface area (Å²) in [6, 6.07) is 10.4. The van der Waals surface area contributed by atoms with Gasteiger partial charge in [-0.05, 0) is 38.1 Å². The van der Waals surface area contributed by atoms with Crippen LogP contribution in [0.1, 0.15) is 47.7 Å². The lowest BCUT2D eigenvalue weighted by molar-refractivity contribution is 0.0988. The number of amides is 1. The fourth-order valence-corrected chi connectivity index (χ4v) is 3.04. The van der Waals surface area contributed by atoms with Crippen molar-refractivity contribution >= 4 is 17.5 Å². The topological polar surface area (TPSA) is 123 Å². The Morgan fingerprint density at radius 1 is 1.32 bits per heavy atom. The number of hydrogen-bond acceptors (Lipinski definition) is 5. The normalized spacial score (nSPS) is 13.1. The molecule has 9 heteroatoms. The van der Waals surface area contributed by atoms with E-state index in [0.717, 1.165) is 5.56 Å². The molecule has 0 saturated heterocycles. The van der Waals surface area contributed by atoms with Crippen molar-refractivity contribution in [3.8, 4) is 17.3 Å². The summed E-state index contributed by atoms with van der Waals surface area (Å²) < 4.78 is 3.23. The third-order valence-electron chi connectivity index (χ3n) is 4.36. The lowest BCUT2D eigenvalue weighted by Crippen LogP contribution is -2.21. The molecule has 2 aromatic heterocycles. The largest absolute Gasteiger partial charge is 0.387 e. The number of aliphatic hydroxyl groups excluding tert-OH is 1. The van der Waals surface area contributed by atoms with Crippen molar-refractivity contribution in [1.29, 1.82) is 5.26 Å². The molecule has 8 nitrogen and oxygen atoms in total. The van der Waals surface area contributed by atoms with Crippen LogP contribution in [0, 0.1) is 11.3 Å². The lowest BCUT2D eigenvalue weighted by atomic mass is 10.1. The number of rotatable bonds is 6. The van der Waals surface area contributed by atoms with E-state index in [1.165, 1.54) is 10.7 Å². The van der Waals surface area contributed by atoms with Crippen LogP contribution < -0.4 is 5.73 Å². The molecule has 144 valence electrons. The molecular formula is C19H19ClN6O2. The fraction of sp³-hybridized carbons (Fsp3) is 0.263. The number of carbonyl (C=O) groups is 1. The second-order valence-corrected chi connectivity index (χ2v) is 6.92. The van der Waals surface area contributed by atoms with Crippen LogP contribution in [0.5, 0.6) is 0 Å². The van der Waals surface area contributed by atoms with E-state index in [2.05, 4.69) is 10.2 Å². The zero-order valence-corrected chi connectivity index (χ0v) is 16.1. The van der Waals surface area contributed by atoms with Gasteiger partial charge in [-0.2, -0.15) is 15.5 Å². The molecule has 1 aromatic carbocycles. The number of aromatic nitrogens is 4. The first-order chi connectivity index (χ1) is 13.3. The second kappa shape index (κ2) is 7.84. The zero-order chi connectivity index (χ0) is 20.4.